The molecule has 0 aliphatic rings. The highest BCUT2D eigenvalue weighted by Gasteiger charge is 2.26. The van der Waals surface area contributed by atoms with Gasteiger partial charge in [0.1, 0.15) is 16.0 Å². The molecule has 0 aliphatic heterocycles. The smallest absolute Gasteiger partial charge is 0.161 e. The number of hydrogen-bond acceptors (Lipinski definition) is 4. The molecule has 6 heteroatoms. The van der Waals surface area contributed by atoms with Crippen molar-refractivity contribution in [3.05, 3.63) is 146 Å². The van der Waals surface area contributed by atoms with Gasteiger partial charge in [-0.25, -0.2) is 9.97 Å². The summed E-state index contributed by atoms with van der Waals surface area (Å²) in [6, 6.07) is 51.9. The Hall–Kier alpha value is -6.76. The predicted molar refractivity (Wildman–Crippen MR) is 216 cm³/mol. The second-order valence-corrected chi connectivity index (χ2v) is 14.8. The molecule has 0 saturated carbocycles. The van der Waals surface area contributed by atoms with Crippen molar-refractivity contribution in [2.45, 2.75) is 0 Å². The SMILES string of the molecule is c1ccc(-c2nc(-c3cccc(-n4c5ccc6oc7ccc8c9ccccc9n9c%10cccc4c%10c5c6c7c89)c3)nc3sc4ccccc4c23)cc1. The topological polar surface area (TPSA) is 48.3 Å². The summed E-state index contributed by atoms with van der Waals surface area (Å²) >= 11 is 1.73. The number of hydrogen-bond donors (Lipinski definition) is 0. The fourth-order valence-corrected chi connectivity index (χ4v) is 10.1. The van der Waals surface area contributed by atoms with Crippen molar-refractivity contribution in [3.8, 4) is 28.3 Å². The van der Waals surface area contributed by atoms with Gasteiger partial charge in [-0.3, -0.25) is 0 Å². The lowest BCUT2D eigenvalue weighted by Crippen LogP contribution is -1.97. The molecule has 6 aromatic heterocycles. The minimum absolute atomic E-state index is 0.719. The van der Waals surface area contributed by atoms with Crippen molar-refractivity contribution >= 4 is 103 Å². The van der Waals surface area contributed by atoms with Gasteiger partial charge in [0.15, 0.2) is 5.82 Å². The zero-order valence-electron chi connectivity index (χ0n) is 27.5. The molecule has 0 aliphatic carbocycles. The molecular weight excluding hydrogens is 657 g/mol. The van der Waals surface area contributed by atoms with Crippen molar-refractivity contribution in [1.82, 2.24) is 18.9 Å². The van der Waals surface area contributed by atoms with Crippen LogP contribution in [0.4, 0.5) is 0 Å². The van der Waals surface area contributed by atoms with Crippen LogP contribution in [0.5, 0.6) is 0 Å². The highest BCUT2D eigenvalue weighted by Crippen LogP contribution is 2.48. The number of rotatable bonds is 3. The summed E-state index contributed by atoms with van der Waals surface area (Å²) in [5.41, 5.74) is 11.8. The van der Waals surface area contributed by atoms with Gasteiger partial charge in [0.05, 0.1) is 38.7 Å². The van der Waals surface area contributed by atoms with Gasteiger partial charge in [-0.1, -0.05) is 84.9 Å². The summed E-state index contributed by atoms with van der Waals surface area (Å²) in [7, 11) is 0. The molecule has 240 valence electrons. The lowest BCUT2D eigenvalue weighted by atomic mass is 10.0. The molecule has 0 bridgehead atoms. The van der Waals surface area contributed by atoms with Crippen LogP contribution in [0, 0.1) is 0 Å². The van der Waals surface area contributed by atoms with Crippen LogP contribution in [0.1, 0.15) is 0 Å². The first kappa shape index (κ1) is 27.0. The maximum absolute atomic E-state index is 6.59. The first-order valence-corrected chi connectivity index (χ1v) is 18.3. The molecule has 13 aromatic rings. The van der Waals surface area contributed by atoms with Gasteiger partial charge in [0.25, 0.3) is 0 Å². The Morgan fingerprint density at radius 1 is 0.481 bits per heavy atom. The number of thiophene rings is 1. The number of benzene rings is 7. The summed E-state index contributed by atoms with van der Waals surface area (Å²) < 4.78 is 12.7. The largest absolute Gasteiger partial charge is 0.456 e. The maximum atomic E-state index is 6.59. The monoisotopic (exact) mass is 680 g/mol. The Balaban J connectivity index is 1.13. The van der Waals surface area contributed by atoms with Gasteiger partial charge in [0, 0.05) is 59.2 Å². The Bertz CT molecular complexity index is 3580. The van der Waals surface area contributed by atoms with E-state index >= 15 is 0 Å². The zero-order valence-corrected chi connectivity index (χ0v) is 28.3. The van der Waals surface area contributed by atoms with Crippen molar-refractivity contribution in [2.75, 3.05) is 0 Å². The van der Waals surface area contributed by atoms with Crippen molar-refractivity contribution in [3.63, 3.8) is 0 Å². The molecule has 7 aromatic carbocycles. The number of furan rings is 1. The fraction of sp³-hybridized carbons (Fsp3) is 0. The third kappa shape index (κ3) is 3.29. The van der Waals surface area contributed by atoms with E-state index in [0.29, 0.717) is 0 Å². The molecule has 0 radical (unpaired) electrons. The highest BCUT2D eigenvalue weighted by atomic mass is 32.1. The molecule has 0 atom stereocenters. The molecule has 0 spiro atoms. The van der Waals surface area contributed by atoms with E-state index in [1.807, 2.05) is 0 Å². The van der Waals surface area contributed by atoms with E-state index in [-0.39, 0.29) is 0 Å². The van der Waals surface area contributed by atoms with Gasteiger partial charge >= 0.3 is 0 Å². The highest BCUT2D eigenvalue weighted by molar-refractivity contribution is 7.25. The Morgan fingerprint density at radius 2 is 1.21 bits per heavy atom. The predicted octanol–water partition coefficient (Wildman–Crippen LogP) is 12.6. The normalized spacial score (nSPS) is 12.6. The average Bonchev–Trinajstić information content (AvgIpc) is 3.93. The maximum Gasteiger partial charge on any atom is 0.161 e. The quantitative estimate of drug-likeness (QED) is 0.187. The lowest BCUT2D eigenvalue weighted by Gasteiger charge is -2.11. The van der Waals surface area contributed by atoms with Crippen LogP contribution >= 0.6 is 11.3 Å². The molecule has 13 rings (SSSR count). The number of aromatic nitrogens is 4. The van der Waals surface area contributed by atoms with Gasteiger partial charge in [-0.15, -0.1) is 11.3 Å². The van der Waals surface area contributed by atoms with Crippen LogP contribution in [-0.4, -0.2) is 18.9 Å². The fourth-order valence-electron chi connectivity index (χ4n) is 8.99. The van der Waals surface area contributed by atoms with Crippen LogP contribution in [0.2, 0.25) is 0 Å². The molecule has 0 fully saturated rings. The molecule has 5 nitrogen and oxygen atoms in total. The number of para-hydroxylation sites is 1. The molecule has 52 heavy (non-hydrogen) atoms. The second-order valence-electron chi connectivity index (χ2n) is 13.7. The lowest BCUT2D eigenvalue weighted by molar-refractivity contribution is 0.669. The number of nitrogens with zero attached hydrogens (tertiary/aromatic N) is 4. The first-order valence-electron chi connectivity index (χ1n) is 17.5. The Labute approximate surface area is 298 Å². The van der Waals surface area contributed by atoms with E-state index in [9.17, 15) is 0 Å². The molecular formula is C46H24N4OS. The van der Waals surface area contributed by atoms with Crippen LogP contribution in [0.25, 0.3) is 120 Å². The van der Waals surface area contributed by atoms with Gasteiger partial charge in [0.2, 0.25) is 0 Å². The average molecular weight is 681 g/mol. The van der Waals surface area contributed by atoms with Crippen LogP contribution < -0.4 is 0 Å². The van der Waals surface area contributed by atoms with E-state index < -0.39 is 0 Å². The molecule has 6 heterocycles. The van der Waals surface area contributed by atoms with Crippen LogP contribution in [0.15, 0.2) is 150 Å². The number of fused-ring (bicyclic) bond motifs is 7. The first-order chi connectivity index (χ1) is 25.8. The summed E-state index contributed by atoms with van der Waals surface area (Å²) in [6.07, 6.45) is 0. The van der Waals surface area contributed by atoms with Crippen LogP contribution in [-0.2, 0) is 0 Å². The summed E-state index contributed by atoms with van der Waals surface area (Å²) in [6.45, 7) is 0. The van der Waals surface area contributed by atoms with Gasteiger partial charge < -0.3 is 13.4 Å². The van der Waals surface area contributed by atoms with Gasteiger partial charge in [-0.05, 0) is 60.7 Å². The Kier molecular flexibility index (Phi) is 4.94. The standard InChI is InChI=1S/C46H24N4OS/c1-2-10-25(11-3-1)43-38-30-15-5-7-19-37(30)52-46(38)48-45(47-43)26-12-8-13-27(24-26)49-32-17-9-18-33-39(32)40-34(49)21-23-35-41(40)42-36(51-35)22-20-29-28-14-4-6-16-31(28)50(33)44(29)42/h1-24H. The molecule has 0 amide bonds. The summed E-state index contributed by atoms with van der Waals surface area (Å²) in [5, 5.41) is 9.60. The summed E-state index contributed by atoms with van der Waals surface area (Å²) in [4.78, 5) is 11.5. The van der Waals surface area contributed by atoms with E-state index in [2.05, 4.69) is 155 Å². The Morgan fingerprint density at radius 3 is 2.15 bits per heavy atom. The van der Waals surface area contributed by atoms with E-state index in [0.717, 1.165) is 60.7 Å². The summed E-state index contributed by atoms with van der Waals surface area (Å²) in [5.74, 6) is 0.719. The minimum Gasteiger partial charge on any atom is -0.456 e. The third-order valence-electron chi connectivity index (χ3n) is 11.1. The molecule has 0 saturated heterocycles. The molecule has 0 N–H and O–H groups in total. The third-order valence-corrected chi connectivity index (χ3v) is 12.1. The van der Waals surface area contributed by atoms with Crippen LogP contribution in [0.3, 0.4) is 0 Å². The van der Waals surface area contributed by atoms with E-state index in [1.165, 1.54) is 59.0 Å². The van der Waals surface area contributed by atoms with Crippen molar-refractivity contribution < 1.29 is 4.42 Å². The van der Waals surface area contributed by atoms with Gasteiger partial charge in [-0.2, -0.15) is 0 Å². The second kappa shape index (κ2) is 9.51. The van der Waals surface area contributed by atoms with Crippen molar-refractivity contribution in [2.24, 2.45) is 0 Å². The van der Waals surface area contributed by atoms with E-state index in [1.54, 1.807) is 11.3 Å². The minimum atomic E-state index is 0.719. The van der Waals surface area contributed by atoms with E-state index in [4.69, 9.17) is 14.4 Å². The molecule has 0 unspecified atom stereocenters. The zero-order chi connectivity index (χ0) is 33.7. The van der Waals surface area contributed by atoms with Crippen molar-refractivity contribution in [1.29, 1.82) is 0 Å².